The van der Waals surface area contributed by atoms with Crippen molar-refractivity contribution < 1.29 is 32.8 Å². The number of carboxylic acids is 1. The largest absolute Gasteiger partial charge is 1.00 e. The van der Waals surface area contributed by atoms with Crippen molar-refractivity contribution in [3.63, 3.8) is 0 Å². The zero-order valence-electron chi connectivity index (χ0n) is 9.75. The highest BCUT2D eigenvalue weighted by Crippen LogP contribution is 2.04. The molecule has 6 heteroatoms. The Labute approximate surface area is 111 Å². The molecule has 0 saturated heterocycles. The number of hydrogen-bond donors (Lipinski definition) is 2. The zero-order chi connectivity index (χ0) is 12.7. The Balaban J connectivity index is 0.00000289. The summed E-state index contributed by atoms with van der Waals surface area (Å²) in [5.41, 5.74) is 5.35. The summed E-state index contributed by atoms with van der Waals surface area (Å²) < 4.78 is 0. The fraction of sp³-hybridized carbons (Fsp3) is 0.250. The SMILES string of the molecule is [Cl-].[NH3+]C(Cc1ccc(C=NCC=O)cc1)C(=O)O. The van der Waals surface area contributed by atoms with Gasteiger partial charge >= 0.3 is 5.97 Å². The van der Waals surface area contributed by atoms with Crippen LogP contribution in [0.25, 0.3) is 0 Å². The predicted molar refractivity (Wildman–Crippen MR) is 63.0 cm³/mol. The molecule has 0 fully saturated rings. The molecule has 1 rings (SSSR count). The van der Waals surface area contributed by atoms with Crippen LogP contribution in [-0.4, -0.2) is 36.2 Å². The summed E-state index contributed by atoms with van der Waals surface area (Å²) in [5.74, 6) is -0.901. The topological polar surface area (TPSA) is 94.4 Å². The standard InChI is InChI=1S/C12H14N2O3.ClH/c13-11(12(16)17)7-9-1-3-10(4-2-9)8-14-5-6-15;/h1-4,6,8,11H,5,7,13H2,(H,16,17);1H. The van der Waals surface area contributed by atoms with Crippen LogP contribution in [0.5, 0.6) is 0 Å². The minimum absolute atomic E-state index is 0. The molecule has 0 amide bonds. The van der Waals surface area contributed by atoms with Crippen LogP contribution in [0.4, 0.5) is 0 Å². The van der Waals surface area contributed by atoms with Crippen LogP contribution < -0.4 is 18.1 Å². The smallest absolute Gasteiger partial charge is 0.362 e. The third kappa shape index (κ3) is 5.56. The molecule has 1 aromatic carbocycles. The van der Waals surface area contributed by atoms with E-state index in [1.54, 1.807) is 6.21 Å². The van der Waals surface area contributed by atoms with Crippen molar-refractivity contribution in [2.75, 3.05) is 6.54 Å². The summed E-state index contributed by atoms with van der Waals surface area (Å²) in [7, 11) is 0. The Kier molecular flexibility index (Phi) is 7.58. The number of rotatable bonds is 6. The Morgan fingerprint density at radius 3 is 2.50 bits per heavy atom. The first-order valence-corrected chi connectivity index (χ1v) is 5.21. The molecule has 0 aliphatic rings. The molecule has 5 nitrogen and oxygen atoms in total. The number of halogens is 1. The number of carboxylic acid groups (broad SMARTS) is 1. The van der Waals surface area contributed by atoms with Gasteiger partial charge in [0.15, 0.2) is 6.04 Å². The van der Waals surface area contributed by atoms with Gasteiger partial charge in [-0.1, -0.05) is 24.3 Å². The third-order valence-corrected chi connectivity index (χ3v) is 2.23. The van der Waals surface area contributed by atoms with Crippen molar-refractivity contribution >= 4 is 18.5 Å². The minimum Gasteiger partial charge on any atom is -1.00 e. The molecule has 0 aliphatic heterocycles. The average molecular weight is 271 g/mol. The van der Waals surface area contributed by atoms with Crippen LogP contribution in [-0.2, 0) is 16.0 Å². The summed E-state index contributed by atoms with van der Waals surface area (Å²) in [5, 5.41) is 8.72. The molecule has 0 aromatic heterocycles. The van der Waals surface area contributed by atoms with Gasteiger partial charge in [0.05, 0.1) is 6.54 Å². The summed E-state index contributed by atoms with van der Waals surface area (Å²) in [6.07, 6.45) is 2.74. The quantitative estimate of drug-likeness (QED) is 0.416. The summed E-state index contributed by atoms with van der Waals surface area (Å²) in [4.78, 5) is 24.6. The number of hydrogen-bond acceptors (Lipinski definition) is 3. The lowest BCUT2D eigenvalue weighted by atomic mass is 10.1. The van der Waals surface area contributed by atoms with E-state index in [1.807, 2.05) is 24.3 Å². The van der Waals surface area contributed by atoms with Crippen molar-refractivity contribution in [2.45, 2.75) is 12.5 Å². The monoisotopic (exact) mass is 270 g/mol. The van der Waals surface area contributed by atoms with Gasteiger partial charge in [0, 0.05) is 12.6 Å². The lowest BCUT2D eigenvalue weighted by Crippen LogP contribution is -3.00. The summed E-state index contributed by atoms with van der Waals surface area (Å²) in [6, 6.07) is 6.70. The first kappa shape index (κ1) is 16.3. The van der Waals surface area contributed by atoms with E-state index in [2.05, 4.69) is 10.7 Å². The van der Waals surface area contributed by atoms with Crippen molar-refractivity contribution in [1.82, 2.24) is 0 Å². The van der Waals surface area contributed by atoms with Gasteiger partial charge in [-0.2, -0.15) is 0 Å². The van der Waals surface area contributed by atoms with Gasteiger partial charge in [0.1, 0.15) is 6.29 Å². The maximum Gasteiger partial charge on any atom is 0.362 e. The van der Waals surface area contributed by atoms with E-state index < -0.39 is 12.0 Å². The van der Waals surface area contributed by atoms with E-state index in [0.29, 0.717) is 6.42 Å². The number of benzene rings is 1. The van der Waals surface area contributed by atoms with E-state index in [4.69, 9.17) is 5.11 Å². The van der Waals surface area contributed by atoms with E-state index in [1.165, 1.54) is 0 Å². The number of nitrogens with zero attached hydrogens (tertiary/aromatic N) is 1. The number of aliphatic carboxylic acids is 1. The molecule has 0 bridgehead atoms. The molecule has 0 aliphatic carbocycles. The van der Waals surface area contributed by atoms with Gasteiger partial charge < -0.3 is 28.0 Å². The van der Waals surface area contributed by atoms with E-state index >= 15 is 0 Å². The molecule has 1 aromatic rings. The Morgan fingerprint density at radius 1 is 1.39 bits per heavy atom. The molecule has 0 heterocycles. The Hall–Kier alpha value is -1.72. The molecule has 4 N–H and O–H groups in total. The average Bonchev–Trinajstić information content (AvgIpc) is 2.31. The second-order valence-electron chi connectivity index (χ2n) is 3.64. The van der Waals surface area contributed by atoms with Gasteiger partial charge in [-0.25, -0.2) is 4.79 Å². The minimum atomic E-state index is -0.901. The molecule has 18 heavy (non-hydrogen) atoms. The molecule has 98 valence electrons. The normalized spacial score (nSPS) is 11.8. The molecule has 0 radical (unpaired) electrons. The molecule has 0 spiro atoms. The maximum absolute atomic E-state index is 10.6. The predicted octanol–water partition coefficient (Wildman–Crippen LogP) is -3.45. The van der Waals surface area contributed by atoms with Crippen molar-refractivity contribution in [3.05, 3.63) is 35.4 Å². The van der Waals surface area contributed by atoms with Gasteiger partial charge in [-0.15, -0.1) is 0 Å². The lowest BCUT2D eigenvalue weighted by molar-refractivity contribution is -0.407. The van der Waals surface area contributed by atoms with Gasteiger partial charge in [0.25, 0.3) is 0 Å². The van der Waals surface area contributed by atoms with E-state index in [9.17, 15) is 9.59 Å². The number of aldehydes is 1. The van der Waals surface area contributed by atoms with E-state index in [0.717, 1.165) is 17.4 Å². The van der Waals surface area contributed by atoms with Crippen molar-refractivity contribution in [1.29, 1.82) is 0 Å². The second-order valence-corrected chi connectivity index (χ2v) is 3.64. The fourth-order valence-corrected chi connectivity index (χ4v) is 1.31. The highest BCUT2D eigenvalue weighted by Gasteiger charge is 2.15. The number of quaternary nitrogens is 1. The number of carbonyl (C=O) groups is 2. The van der Waals surface area contributed by atoms with Gasteiger partial charge in [0.2, 0.25) is 0 Å². The first-order chi connectivity index (χ1) is 8.13. The Morgan fingerprint density at radius 2 is 2.00 bits per heavy atom. The molecule has 1 unspecified atom stereocenters. The van der Waals surface area contributed by atoms with Crippen LogP contribution in [0.15, 0.2) is 29.3 Å². The highest BCUT2D eigenvalue weighted by atomic mass is 35.5. The zero-order valence-corrected chi connectivity index (χ0v) is 10.5. The molecular weight excluding hydrogens is 256 g/mol. The third-order valence-electron chi connectivity index (χ3n) is 2.23. The van der Waals surface area contributed by atoms with Crippen molar-refractivity contribution in [3.8, 4) is 0 Å². The molecule has 1 atom stereocenters. The maximum atomic E-state index is 10.6. The van der Waals surface area contributed by atoms with Gasteiger partial charge in [-0.3, -0.25) is 4.99 Å². The van der Waals surface area contributed by atoms with Crippen molar-refractivity contribution in [2.24, 2.45) is 4.99 Å². The Bertz CT molecular complexity index is 418. The fourth-order valence-electron chi connectivity index (χ4n) is 1.31. The van der Waals surface area contributed by atoms with Crippen LogP contribution in [0.1, 0.15) is 11.1 Å². The number of carbonyl (C=O) groups excluding carboxylic acids is 1. The van der Waals surface area contributed by atoms with Crippen LogP contribution in [0.3, 0.4) is 0 Å². The number of aliphatic imine (C=N–C) groups is 1. The van der Waals surface area contributed by atoms with Crippen LogP contribution in [0.2, 0.25) is 0 Å². The van der Waals surface area contributed by atoms with Crippen LogP contribution in [0, 0.1) is 0 Å². The molecule has 0 saturated carbocycles. The first-order valence-electron chi connectivity index (χ1n) is 5.21. The van der Waals surface area contributed by atoms with E-state index in [-0.39, 0.29) is 19.0 Å². The van der Waals surface area contributed by atoms with Gasteiger partial charge in [-0.05, 0) is 11.1 Å². The summed E-state index contributed by atoms with van der Waals surface area (Å²) >= 11 is 0. The second kappa shape index (κ2) is 8.38. The van der Waals surface area contributed by atoms with Crippen LogP contribution >= 0.6 is 0 Å². The lowest BCUT2D eigenvalue weighted by Gasteiger charge is -2.03. The summed E-state index contributed by atoms with van der Waals surface area (Å²) in [6.45, 7) is 0.154. The highest BCUT2D eigenvalue weighted by molar-refractivity contribution is 5.80. The molecular formula is C12H15ClN2O3.